The third kappa shape index (κ3) is 4.75. The average molecular weight is 238 g/mol. The molecule has 1 N–H and O–H groups in total. The van der Waals surface area contributed by atoms with Crippen molar-refractivity contribution in [2.24, 2.45) is 0 Å². The predicted molar refractivity (Wildman–Crippen MR) is 68.4 cm³/mol. The molecule has 96 valence electrons. The van der Waals surface area contributed by atoms with E-state index in [1.807, 2.05) is 39.0 Å². The minimum Gasteiger partial charge on any atom is -0.491 e. The number of hydrogen-bond donors (Lipinski definition) is 1. The maximum absolute atomic E-state index is 9.63. The molecule has 0 fully saturated rings. The summed E-state index contributed by atoms with van der Waals surface area (Å²) in [5.41, 5.74) is 1.94. The maximum Gasteiger partial charge on any atom is 0.125 e. The van der Waals surface area contributed by atoms with Gasteiger partial charge >= 0.3 is 0 Å². The number of aliphatic hydroxyl groups excluding tert-OH is 1. The maximum atomic E-state index is 9.63. The summed E-state index contributed by atoms with van der Waals surface area (Å²) < 4.78 is 11.1. The molecule has 1 rings (SSSR count). The van der Waals surface area contributed by atoms with Gasteiger partial charge in [0, 0.05) is 5.56 Å². The van der Waals surface area contributed by atoms with E-state index in [-0.39, 0.29) is 6.10 Å². The highest BCUT2D eigenvalue weighted by atomic mass is 16.5. The Labute approximate surface area is 103 Å². The Morgan fingerprint density at radius 1 is 1.18 bits per heavy atom. The molecule has 0 aliphatic rings. The highest BCUT2D eigenvalue weighted by molar-refractivity contribution is 5.38. The predicted octanol–water partition coefficient (Wildman–Crippen LogP) is 2.85. The Balaban J connectivity index is 2.59. The van der Waals surface area contributed by atoms with E-state index in [1.165, 1.54) is 0 Å². The zero-order valence-electron chi connectivity index (χ0n) is 11.1. The van der Waals surface area contributed by atoms with Crippen molar-refractivity contribution >= 4 is 0 Å². The van der Waals surface area contributed by atoms with Gasteiger partial charge in [-0.3, -0.25) is 0 Å². The Kier molecular flexibility index (Phi) is 5.45. The molecule has 0 amide bonds. The van der Waals surface area contributed by atoms with Gasteiger partial charge in [0.05, 0.1) is 18.8 Å². The lowest BCUT2D eigenvalue weighted by Crippen LogP contribution is -2.12. The van der Waals surface area contributed by atoms with Crippen molar-refractivity contribution < 1.29 is 14.6 Å². The van der Waals surface area contributed by atoms with Crippen LogP contribution >= 0.6 is 0 Å². The van der Waals surface area contributed by atoms with E-state index in [4.69, 9.17) is 9.47 Å². The molecule has 0 bridgehead atoms. The van der Waals surface area contributed by atoms with E-state index < -0.39 is 6.10 Å². The third-order valence-corrected chi connectivity index (χ3v) is 2.41. The number of aryl methyl sites for hydroxylation is 1. The monoisotopic (exact) mass is 238 g/mol. The molecule has 1 aromatic rings. The van der Waals surface area contributed by atoms with E-state index in [0.29, 0.717) is 13.2 Å². The van der Waals surface area contributed by atoms with Crippen LogP contribution in [0, 0.1) is 6.92 Å². The zero-order chi connectivity index (χ0) is 12.8. The third-order valence-electron chi connectivity index (χ3n) is 2.41. The molecule has 17 heavy (non-hydrogen) atoms. The highest BCUT2D eigenvalue weighted by Crippen LogP contribution is 2.26. The number of hydrogen-bond acceptors (Lipinski definition) is 3. The molecule has 0 aromatic heterocycles. The van der Waals surface area contributed by atoms with Gasteiger partial charge in [0.1, 0.15) is 12.4 Å². The van der Waals surface area contributed by atoms with Crippen LogP contribution in [0.5, 0.6) is 5.75 Å². The van der Waals surface area contributed by atoms with E-state index >= 15 is 0 Å². The molecule has 1 aromatic carbocycles. The van der Waals surface area contributed by atoms with Crippen LogP contribution in [0.25, 0.3) is 0 Å². The molecule has 0 aliphatic carbocycles. The first-order chi connectivity index (χ1) is 8.00. The molecule has 0 radical (unpaired) electrons. The quantitative estimate of drug-likeness (QED) is 0.774. The van der Waals surface area contributed by atoms with Crippen molar-refractivity contribution in [2.75, 3.05) is 13.2 Å². The number of ether oxygens (including phenoxy) is 2. The van der Waals surface area contributed by atoms with Crippen LogP contribution in [0.2, 0.25) is 0 Å². The Morgan fingerprint density at radius 2 is 1.88 bits per heavy atom. The summed E-state index contributed by atoms with van der Waals surface area (Å²) in [5.74, 6) is 0.743. The molecule has 0 heterocycles. The van der Waals surface area contributed by atoms with E-state index in [0.717, 1.165) is 16.9 Å². The van der Waals surface area contributed by atoms with Gasteiger partial charge < -0.3 is 14.6 Å². The minimum absolute atomic E-state index is 0.215. The van der Waals surface area contributed by atoms with Crippen LogP contribution in [0.4, 0.5) is 0 Å². The molecule has 0 saturated heterocycles. The van der Waals surface area contributed by atoms with Crippen LogP contribution in [-0.2, 0) is 4.74 Å². The van der Waals surface area contributed by atoms with Crippen molar-refractivity contribution in [3.05, 3.63) is 29.3 Å². The van der Waals surface area contributed by atoms with Gasteiger partial charge in [-0.2, -0.15) is 0 Å². The summed E-state index contributed by atoms with van der Waals surface area (Å²) >= 11 is 0. The summed E-state index contributed by atoms with van der Waals surface area (Å²) in [6, 6.07) is 5.82. The van der Waals surface area contributed by atoms with Crippen molar-refractivity contribution in [3.8, 4) is 5.75 Å². The van der Waals surface area contributed by atoms with E-state index in [1.54, 1.807) is 6.92 Å². The number of aliphatic hydroxyl groups is 1. The molecular weight excluding hydrogens is 216 g/mol. The number of benzene rings is 1. The van der Waals surface area contributed by atoms with Gasteiger partial charge in [-0.1, -0.05) is 12.1 Å². The summed E-state index contributed by atoms with van der Waals surface area (Å²) in [5, 5.41) is 9.63. The smallest absolute Gasteiger partial charge is 0.125 e. The fraction of sp³-hybridized carbons (Fsp3) is 0.571. The first-order valence-corrected chi connectivity index (χ1v) is 6.03. The summed E-state index contributed by atoms with van der Waals surface area (Å²) in [7, 11) is 0. The fourth-order valence-corrected chi connectivity index (χ4v) is 1.55. The second-order valence-corrected chi connectivity index (χ2v) is 4.49. The molecular formula is C14H22O3. The highest BCUT2D eigenvalue weighted by Gasteiger charge is 2.09. The van der Waals surface area contributed by atoms with Crippen LogP contribution in [0.3, 0.4) is 0 Å². The topological polar surface area (TPSA) is 38.7 Å². The van der Waals surface area contributed by atoms with E-state index in [2.05, 4.69) is 0 Å². The fourth-order valence-electron chi connectivity index (χ4n) is 1.55. The molecule has 0 aliphatic heterocycles. The normalized spacial score (nSPS) is 12.8. The first-order valence-electron chi connectivity index (χ1n) is 6.03. The summed E-state index contributed by atoms with van der Waals surface area (Å²) in [6.07, 6.45) is -0.302. The first kappa shape index (κ1) is 14.0. The second-order valence-electron chi connectivity index (χ2n) is 4.49. The Morgan fingerprint density at radius 3 is 2.47 bits per heavy atom. The summed E-state index contributed by atoms with van der Waals surface area (Å²) in [4.78, 5) is 0. The van der Waals surface area contributed by atoms with E-state index in [9.17, 15) is 5.11 Å². The lowest BCUT2D eigenvalue weighted by Gasteiger charge is -2.15. The van der Waals surface area contributed by atoms with Crippen LogP contribution in [-0.4, -0.2) is 24.4 Å². The molecule has 1 atom stereocenters. The average Bonchev–Trinajstić information content (AvgIpc) is 2.23. The summed E-state index contributed by atoms with van der Waals surface area (Å²) in [6.45, 7) is 8.79. The largest absolute Gasteiger partial charge is 0.491 e. The molecule has 0 spiro atoms. The SMILES string of the molecule is Cc1ccc(C(C)O)c(OCCOC(C)C)c1. The second kappa shape index (κ2) is 6.62. The lowest BCUT2D eigenvalue weighted by atomic mass is 10.1. The lowest BCUT2D eigenvalue weighted by molar-refractivity contribution is 0.0543. The van der Waals surface area contributed by atoms with Crippen molar-refractivity contribution in [1.82, 2.24) is 0 Å². The molecule has 0 saturated carbocycles. The van der Waals surface area contributed by atoms with Crippen molar-refractivity contribution in [3.63, 3.8) is 0 Å². The molecule has 3 heteroatoms. The van der Waals surface area contributed by atoms with Gasteiger partial charge in [0.15, 0.2) is 0 Å². The standard InChI is InChI=1S/C14H22O3/c1-10(2)16-7-8-17-14-9-11(3)5-6-13(14)12(4)15/h5-6,9-10,12,15H,7-8H2,1-4H3. The van der Waals surface area contributed by atoms with Gasteiger partial charge in [-0.15, -0.1) is 0 Å². The van der Waals surface area contributed by atoms with Gasteiger partial charge in [-0.25, -0.2) is 0 Å². The Hall–Kier alpha value is -1.06. The van der Waals surface area contributed by atoms with Crippen LogP contribution in [0.1, 0.15) is 38.0 Å². The zero-order valence-corrected chi connectivity index (χ0v) is 11.1. The minimum atomic E-state index is -0.517. The van der Waals surface area contributed by atoms with Crippen LogP contribution < -0.4 is 4.74 Å². The van der Waals surface area contributed by atoms with Gasteiger partial charge in [0.2, 0.25) is 0 Å². The van der Waals surface area contributed by atoms with Crippen molar-refractivity contribution in [1.29, 1.82) is 0 Å². The van der Waals surface area contributed by atoms with Crippen molar-refractivity contribution in [2.45, 2.75) is 39.9 Å². The molecule has 3 nitrogen and oxygen atoms in total. The van der Waals surface area contributed by atoms with Gasteiger partial charge in [0.25, 0.3) is 0 Å². The Bertz CT molecular complexity index is 345. The van der Waals surface area contributed by atoms with Gasteiger partial charge in [-0.05, 0) is 39.3 Å². The van der Waals surface area contributed by atoms with Crippen LogP contribution in [0.15, 0.2) is 18.2 Å². The number of rotatable bonds is 6. The molecule has 1 unspecified atom stereocenters.